The number of nitrogens with zero attached hydrogens (tertiary/aromatic N) is 4. The number of piperidine rings is 1. The molecule has 0 N–H and O–H groups in total. The van der Waals surface area contributed by atoms with Crippen LogP contribution in [0.15, 0.2) is 36.7 Å². The summed E-state index contributed by atoms with van der Waals surface area (Å²) in [5.41, 5.74) is 0.908. The molecule has 2 fully saturated rings. The van der Waals surface area contributed by atoms with Crippen molar-refractivity contribution in [1.29, 1.82) is 0 Å². The Morgan fingerprint density at radius 2 is 1.86 bits per heavy atom. The van der Waals surface area contributed by atoms with E-state index in [0.29, 0.717) is 17.7 Å². The highest BCUT2D eigenvalue weighted by molar-refractivity contribution is 5.73. The Kier molecular flexibility index (Phi) is 5.52. The van der Waals surface area contributed by atoms with Gasteiger partial charge in [0, 0.05) is 26.1 Å². The number of halogens is 1. The van der Waals surface area contributed by atoms with E-state index in [9.17, 15) is 9.18 Å². The van der Waals surface area contributed by atoms with Gasteiger partial charge in [-0.25, -0.2) is 9.37 Å². The summed E-state index contributed by atoms with van der Waals surface area (Å²) in [7, 11) is 0. The minimum atomic E-state index is -0.301. The van der Waals surface area contributed by atoms with E-state index in [-0.39, 0.29) is 17.8 Å². The van der Waals surface area contributed by atoms with Gasteiger partial charge in [0.05, 0.1) is 24.1 Å². The maximum Gasteiger partial charge on any atom is 0.238 e. The van der Waals surface area contributed by atoms with E-state index in [4.69, 9.17) is 4.74 Å². The smallest absolute Gasteiger partial charge is 0.238 e. The molecule has 2 saturated heterocycles. The molecule has 2 aromatic rings. The van der Waals surface area contributed by atoms with Crippen LogP contribution in [0.5, 0.6) is 11.6 Å². The fourth-order valence-corrected chi connectivity index (χ4v) is 4.25. The monoisotopic (exact) mass is 384 g/mol. The molecule has 3 heterocycles. The molecule has 0 saturated carbocycles. The lowest BCUT2D eigenvalue weighted by atomic mass is 10.0. The van der Waals surface area contributed by atoms with Gasteiger partial charge in [0.25, 0.3) is 0 Å². The van der Waals surface area contributed by atoms with Gasteiger partial charge < -0.3 is 9.64 Å². The van der Waals surface area contributed by atoms with Gasteiger partial charge in [-0.1, -0.05) is 0 Å². The fourth-order valence-electron chi connectivity index (χ4n) is 4.25. The van der Waals surface area contributed by atoms with Gasteiger partial charge in [0.1, 0.15) is 11.6 Å². The summed E-state index contributed by atoms with van der Waals surface area (Å²) in [6.07, 6.45) is 7.55. The molecule has 0 radical (unpaired) electrons. The molecule has 4 rings (SSSR count). The lowest BCUT2D eigenvalue weighted by Gasteiger charge is -2.39. The number of rotatable bonds is 4. The lowest BCUT2D eigenvalue weighted by molar-refractivity contribution is -0.130. The first-order valence-electron chi connectivity index (χ1n) is 9.87. The highest BCUT2D eigenvalue weighted by Gasteiger charge is 2.35. The maximum atomic E-state index is 13.1. The Bertz CT molecular complexity index is 821. The Labute approximate surface area is 164 Å². The summed E-state index contributed by atoms with van der Waals surface area (Å²) in [4.78, 5) is 25.0. The normalized spacial score (nSPS) is 21.1. The third-order valence-electron chi connectivity index (χ3n) is 5.68. The van der Waals surface area contributed by atoms with Crippen molar-refractivity contribution in [2.45, 2.75) is 44.7 Å². The van der Waals surface area contributed by atoms with Crippen LogP contribution in [0.3, 0.4) is 0 Å². The summed E-state index contributed by atoms with van der Waals surface area (Å²) in [5, 5.41) is 0. The number of aromatic nitrogens is 2. The van der Waals surface area contributed by atoms with E-state index >= 15 is 0 Å². The molecule has 1 aromatic heterocycles. The van der Waals surface area contributed by atoms with Crippen molar-refractivity contribution in [3.8, 4) is 11.6 Å². The Balaban J connectivity index is 1.45. The van der Waals surface area contributed by atoms with Gasteiger partial charge in [0.2, 0.25) is 11.8 Å². The minimum absolute atomic E-state index is 0.160. The topological polar surface area (TPSA) is 58.6 Å². The first-order valence-corrected chi connectivity index (χ1v) is 9.87. The number of hydrogen-bond acceptors (Lipinski definition) is 5. The van der Waals surface area contributed by atoms with Crippen LogP contribution in [0.25, 0.3) is 0 Å². The van der Waals surface area contributed by atoms with Crippen molar-refractivity contribution in [2.24, 2.45) is 0 Å². The molecule has 2 aliphatic rings. The van der Waals surface area contributed by atoms with Crippen LogP contribution >= 0.6 is 0 Å². The van der Waals surface area contributed by atoms with Crippen molar-refractivity contribution < 1.29 is 13.9 Å². The molecule has 0 bridgehead atoms. The zero-order chi connectivity index (χ0) is 19.5. The summed E-state index contributed by atoms with van der Waals surface area (Å²) in [5.74, 6) is 0.813. The second-order valence-corrected chi connectivity index (χ2v) is 7.47. The van der Waals surface area contributed by atoms with E-state index in [1.54, 1.807) is 25.3 Å². The summed E-state index contributed by atoms with van der Waals surface area (Å²) in [6.45, 7) is 4.33. The molecule has 1 atom stereocenters. The zero-order valence-corrected chi connectivity index (χ0v) is 16.1. The summed E-state index contributed by atoms with van der Waals surface area (Å²) in [6, 6.07) is 6.56. The Morgan fingerprint density at radius 1 is 1.11 bits per heavy atom. The molecule has 0 spiro atoms. The number of ether oxygens (including phenoxy) is 1. The van der Waals surface area contributed by atoms with E-state index < -0.39 is 0 Å². The van der Waals surface area contributed by atoms with Crippen LogP contribution in [0, 0.1) is 5.82 Å². The molecule has 0 unspecified atom stereocenters. The lowest BCUT2D eigenvalue weighted by Crippen LogP contribution is -2.46. The summed E-state index contributed by atoms with van der Waals surface area (Å²) < 4.78 is 18.8. The Hall–Kier alpha value is -2.54. The van der Waals surface area contributed by atoms with Gasteiger partial charge >= 0.3 is 0 Å². The number of amides is 1. The van der Waals surface area contributed by atoms with Crippen LogP contribution in [0.1, 0.15) is 44.3 Å². The molecular weight excluding hydrogens is 359 g/mol. The SMILES string of the molecule is CC(=O)N1CCC(N2CCC[C@@H]2c2cncc(Oc3ccc(F)cc3)n2)CC1. The van der Waals surface area contributed by atoms with Crippen molar-refractivity contribution >= 4 is 5.91 Å². The number of carbonyl (C=O) groups is 1. The van der Waals surface area contributed by atoms with Gasteiger partial charge in [-0.3, -0.25) is 14.7 Å². The predicted octanol–water partition coefficient (Wildman–Crippen LogP) is 3.56. The molecule has 1 amide bonds. The third-order valence-corrected chi connectivity index (χ3v) is 5.68. The van der Waals surface area contributed by atoms with Gasteiger partial charge in [-0.2, -0.15) is 0 Å². The quantitative estimate of drug-likeness (QED) is 0.807. The van der Waals surface area contributed by atoms with Crippen LogP contribution in [0.2, 0.25) is 0 Å². The molecule has 1 aromatic carbocycles. The van der Waals surface area contributed by atoms with Crippen molar-refractivity contribution in [3.63, 3.8) is 0 Å². The van der Waals surface area contributed by atoms with E-state index in [1.165, 1.54) is 12.1 Å². The van der Waals surface area contributed by atoms with E-state index in [1.807, 2.05) is 11.1 Å². The van der Waals surface area contributed by atoms with Crippen molar-refractivity contribution in [1.82, 2.24) is 19.8 Å². The van der Waals surface area contributed by atoms with Crippen molar-refractivity contribution in [2.75, 3.05) is 19.6 Å². The number of likely N-dealkylation sites (tertiary alicyclic amines) is 2. The maximum absolute atomic E-state index is 13.1. The second-order valence-electron chi connectivity index (χ2n) is 7.47. The third kappa shape index (κ3) is 4.14. The van der Waals surface area contributed by atoms with Crippen LogP contribution in [0.4, 0.5) is 4.39 Å². The number of carbonyl (C=O) groups excluding carboxylic acids is 1. The molecular formula is C21H25FN4O2. The van der Waals surface area contributed by atoms with E-state index in [2.05, 4.69) is 14.9 Å². The predicted molar refractivity (Wildman–Crippen MR) is 102 cm³/mol. The fraction of sp³-hybridized carbons (Fsp3) is 0.476. The molecule has 148 valence electrons. The van der Waals surface area contributed by atoms with Gasteiger partial charge in [-0.05, 0) is 56.5 Å². The molecule has 2 aliphatic heterocycles. The second kappa shape index (κ2) is 8.22. The minimum Gasteiger partial charge on any atom is -0.437 e. The van der Waals surface area contributed by atoms with Crippen LogP contribution in [-0.2, 0) is 4.79 Å². The molecule has 0 aliphatic carbocycles. The number of hydrogen-bond donors (Lipinski definition) is 0. The van der Waals surface area contributed by atoms with E-state index in [0.717, 1.165) is 51.0 Å². The average Bonchev–Trinajstić information content (AvgIpc) is 3.20. The molecule has 7 heteroatoms. The average molecular weight is 384 g/mol. The van der Waals surface area contributed by atoms with Gasteiger partial charge in [0.15, 0.2) is 0 Å². The standard InChI is InChI=1S/C21H25FN4O2/c1-15(27)25-11-8-17(9-12-25)26-10-2-3-20(26)19-13-23-14-21(24-19)28-18-6-4-16(22)5-7-18/h4-7,13-14,17,20H,2-3,8-12H2,1H3/t20-/m1/s1. The number of benzene rings is 1. The largest absolute Gasteiger partial charge is 0.437 e. The van der Waals surface area contributed by atoms with Crippen molar-refractivity contribution in [3.05, 3.63) is 48.2 Å². The first-order chi connectivity index (χ1) is 13.6. The van der Waals surface area contributed by atoms with Gasteiger partial charge in [-0.15, -0.1) is 0 Å². The highest BCUT2D eigenvalue weighted by atomic mass is 19.1. The Morgan fingerprint density at radius 3 is 2.57 bits per heavy atom. The zero-order valence-electron chi connectivity index (χ0n) is 16.1. The molecule has 28 heavy (non-hydrogen) atoms. The van der Waals surface area contributed by atoms with Crippen LogP contribution < -0.4 is 4.74 Å². The molecule has 6 nitrogen and oxygen atoms in total. The van der Waals surface area contributed by atoms with Crippen LogP contribution in [-0.4, -0.2) is 51.4 Å². The first kappa shape index (κ1) is 18.8. The summed E-state index contributed by atoms with van der Waals surface area (Å²) >= 11 is 0. The highest BCUT2D eigenvalue weighted by Crippen LogP contribution is 2.36.